The Morgan fingerprint density at radius 2 is 1.92 bits per heavy atom. The molecule has 1 aliphatic heterocycles. The third-order valence-corrected chi connectivity index (χ3v) is 4.70. The van der Waals surface area contributed by atoms with Gasteiger partial charge < -0.3 is 4.74 Å². The second-order valence-corrected chi connectivity index (χ2v) is 6.98. The van der Waals surface area contributed by atoms with Crippen LogP contribution in [0.25, 0.3) is 5.78 Å². The first-order chi connectivity index (χ1) is 12.1. The molecule has 0 aliphatic carbocycles. The van der Waals surface area contributed by atoms with Gasteiger partial charge in [-0.3, -0.25) is 9.30 Å². The number of fused-ring (bicyclic) bond motifs is 1. The van der Waals surface area contributed by atoms with Gasteiger partial charge in [0.15, 0.2) is 0 Å². The van der Waals surface area contributed by atoms with Crippen LogP contribution in [0.1, 0.15) is 35.7 Å². The van der Waals surface area contributed by atoms with Crippen molar-refractivity contribution in [2.75, 3.05) is 13.1 Å². The van der Waals surface area contributed by atoms with Crippen LogP contribution in [0, 0.1) is 13.8 Å². The van der Waals surface area contributed by atoms with Crippen LogP contribution in [0.2, 0.25) is 0 Å². The van der Waals surface area contributed by atoms with E-state index in [-0.39, 0.29) is 12.2 Å². The highest BCUT2D eigenvalue weighted by Gasteiger charge is 2.26. The number of morpholine rings is 1. The van der Waals surface area contributed by atoms with Crippen LogP contribution in [0.15, 0.2) is 42.6 Å². The molecule has 1 fully saturated rings. The van der Waals surface area contributed by atoms with E-state index in [0.29, 0.717) is 0 Å². The third-order valence-electron chi connectivity index (χ3n) is 4.70. The highest BCUT2D eigenvalue weighted by molar-refractivity contribution is 5.34. The molecule has 3 aromatic rings. The summed E-state index contributed by atoms with van der Waals surface area (Å²) in [7, 11) is 0. The molecule has 1 saturated heterocycles. The summed E-state index contributed by atoms with van der Waals surface area (Å²) >= 11 is 0. The smallest absolute Gasteiger partial charge is 0.234 e. The molecule has 25 heavy (non-hydrogen) atoms. The molecule has 4 rings (SSSR count). The number of ether oxygens (including phenoxy) is 1. The molecule has 5 heteroatoms. The lowest BCUT2D eigenvalue weighted by Gasteiger charge is -2.36. The minimum absolute atomic E-state index is 0.115. The number of hydrogen-bond donors (Lipinski definition) is 0. The zero-order valence-corrected chi connectivity index (χ0v) is 15.0. The molecule has 1 aliphatic rings. The van der Waals surface area contributed by atoms with Crippen molar-refractivity contribution >= 4 is 5.78 Å². The standard InChI is InChI=1S/C20H24N4O/c1-14-9-15(2)24-12-18(22-20(24)21-14)11-23-10-16(3)25-19(13-23)17-7-5-4-6-8-17/h4-9,12,16,19H,10-11,13H2,1-3H3/t16-,19+/m1/s1. The maximum Gasteiger partial charge on any atom is 0.234 e. The van der Waals surface area contributed by atoms with E-state index < -0.39 is 0 Å². The van der Waals surface area contributed by atoms with Crippen LogP contribution in [0.3, 0.4) is 0 Å². The Bertz CT molecular complexity index is 874. The average Bonchev–Trinajstić information content (AvgIpc) is 2.97. The molecule has 2 aromatic heterocycles. The Labute approximate surface area is 148 Å². The first-order valence-corrected chi connectivity index (χ1v) is 8.83. The van der Waals surface area contributed by atoms with Crippen molar-refractivity contribution in [3.8, 4) is 0 Å². The fourth-order valence-electron chi connectivity index (χ4n) is 3.64. The highest BCUT2D eigenvalue weighted by atomic mass is 16.5. The summed E-state index contributed by atoms with van der Waals surface area (Å²) in [5.41, 5.74) is 4.47. The van der Waals surface area contributed by atoms with Crippen LogP contribution in [-0.4, -0.2) is 38.5 Å². The van der Waals surface area contributed by atoms with Crippen molar-refractivity contribution in [1.82, 2.24) is 19.3 Å². The van der Waals surface area contributed by atoms with Crippen molar-refractivity contribution in [3.63, 3.8) is 0 Å². The van der Waals surface area contributed by atoms with Gasteiger partial charge >= 0.3 is 0 Å². The Balaban J connectivity index is 1.54. The van der Waals surface area contributed by atoms with Gasteiger partial charge in [0.25, 0.3) is 0 Å². The third kappa shape index (κ3) is 3.43. The molecule has 0 radical (unpaired) electrons. The van der Waals surface area contributed by atoms with Gasteiger partial charge in [-0.1, -0.05) is 30.3 Å². The Kier molecular flexibility index (Phi) is 4.27. The van der Waals surface area contributed by atoms with E-state index in [2.05, 4.69) is 64.7 Å². The molecule has 130 valence electrons. The molecule has 3 heterocycles. The van der Waals surface area contributed by atoms with E-state index in [4.69, 9.17) is 9.72 Å². The summed E-state index contributed by atoms with van der Waals surface area (Å²) in [6.45, 7) is 8.86. The van der Waals surface area contributed by atoms with Gasteiger partial charge in [0.2, 0.25) is 5.78 Å². The molecular formula is C20H24N4O. The zero-order chi connectivity index (χ0) is 17.4. The summed E-state index contributed by atoms with van der Waals surface area (Å²) in [6.07, 6.45) is 2.43. The van der Waals surface area contributed by atoms with Gasteiger partial charge in [-0.05, 0) is 32.4 Å². The average molecular weight is 336 g/mol. The lowest BCUT2D eigenvalue weighted by atomic mass is 10.1. The summed E-state index contributed by atoms with van der Waals surface area (Å²) in [5, 5.41) is 0. The number of nitrogens with zero attached hydrogens (tertiary/aromatic N) is 4. The zero-order valence-electron chi connectivity index (χ0n) is 15.0. The lowest BCUT2D eigenvalue weighted by molar-refractivity contribution is -0.0816. The minimum Gasteiger partial charge on any atom is -0.368 e. The van der Waals surface area contributed by atoms with E-state index in [0.717, 1.165) is 36.8 Å². The molecule has 0 spiro atoms. The molecule has 0 unspecified atom stereocenters. The van der Waals surface area contributed by atoms with Crippen molar-refractivity contribution in [2.45, 2.75) is 39.5 Å². The van der Waals surface area contributed by atoms with Crippen molar-refractivity contribution < 1.29 is 4.74 Å². The summed E-state index contributed by atoms with van der Waals surface area (Å²) in [5.74, 6) is 0.786. The van der Waals surface area contributed by atoms with Gasteiger partial charge in [0, 0.05) is 37.2 Å². The largest absolute Gasteiger partial charge is 0.368 e. The maximum absolute atomic E-state index is 6.15. The number of aromatic nitrogens is 3. The Morgan fingerprint density at radius 3 is 2.72 bits per heavy atom. The Hall–Kier alpha value is -2.24. The monoisotopic (exact) mass is 336 g/mol. The second kappa shape index (κ2) is 6.58. The van der Waals surface area contributed by atoms with E-state index in [1.165, 1.54) is 11.3 Å². The summed E-state index contributed by atoms with van der Waals surface area (Å²) in [4.78, 5) is 11.7. The Morgan fingerprint density at radius 1 is 1.12 bits per heavy atom. The molecular weight excluding hydrogens is 312 g/mol. The van der Waals surface area contributed by atoms with E-state index in [1.807, 2.05) is 13.0 Å². The highest BCUT2D eigenvalue weighted by Crippen LogP contribution is 2.26. The van der Waals surface area contributed by atoms with E-state index >= 15 is 0 Å². The van der Waals surface area contributed by atoms with Gasteiger partial charge in [-0.25, -0.2) is 9.97 Å². The van der Waals surface area contributed by atoms with Gasteiger partial charge in [-0.15, -0.1) is 0 Å². The van der Waals surface area contributed by atoms with Crippen LogP contribution < -0.4 is 0 Å². The fourth-order valence-corrected chi connectivity index (χ4v) is 3.64. The lowest BCUT2D eigenvalue weighted by Crippen LogP contribution is -2.42. The molecule has 0 amide bonds. The first kappa shape index (κ1) is 16.2. The van der Waals surface area contributed by atoms with Crippen LogP contribution in [0.4, 0.5) is 0 Å². The van der Waals surface area contributed by atoms with Crippen molar-refractivity contribution in [3.05, 3.63) is 65.2 Å². The first-order valence-electron chi connectivity index (χ1n) is 8.83. The predicted octanol–water partition coefficient (Wildman–Crippen LogP) is 3.31. The topological polar surface area (TPSA) is 42.7 Å². The molecule has 2 atom stereocenters. The summed E-state index contributed by atoms with van der Waals surface area (Å²) in [6, 6.07) is 12.5. The molecule has 5 nitrogen and oxygen atoms in total. The van der Waals surface area contributed by atoms with E-state index in [1.54, 1.807) is 0 Å². The van der Waals surface area contributed by atoms with E-state index in [9.17, 15) is 0 Å². The predicted molar refractivity (Wildman–Crippen MR) is 97.5 cm³/mol. The molecule has 0 saturated carbocycles. The quantitative estimate of drug-likeness (QED) is 0.736. The maximum atomic E-state index is 6.15. The number of hydrogen-bond acceptors (Lipinski definition) is 4. The van der Waals surface area contributed by atoms with Crippen LogP contribution >= 0.6 is 0 Å². The normalized spacial score (nSPS) is 21.7. The number of benzene rings is 1. The van der Waals surface area contributed by atoms with Gasteiger partial charge in [-0.2, -0.15) is 0 Å². The molecule has 1 aromatic carbocycles. The van der Waals surface area contributed by atoms with Crippen molar-refractivity contribution in [1.29, 1.82) is 0 Å². The minimum atomic E-state index is 0.115. The van der Waals surface area contributed by atoms with Crippen LogP contribution in [-0.2, 0) is 11.3 Å². The fraction of sp³-hybridized carbons (Fsp3) is 0.400. The SMILES string of the molecule is Cc1cc(C)n2cc(CN3C[C@@H](C)O[C@H](c4ccccc4)C3)nc2n1. The number of aryl methyl sites for hydroxylation is 2. The molecule has 0 bridgehead atoms. The number of rotatable bonds is 3. The van der Waals surface area contributed by atoms with Gasteiger partial charge in [0.05, 0.1) is 17.9 Å². The van der Waals surface area contributed by atoms with Gasteiger partial charge in [0.1, 0.15) is 0 Å². The summed E-state index contributed by atoms with van der Waals surface area (Å²) < 4.78 is 8.22. The van der Waals surface area contributed by atoms with Crippen molar-refractivity contribution in [2.24, 2.45) is 0 Å². The number of imidazole rings is 1. The van der Waals surface area contributed by atoms with Crippen LogP contribution in [0.5, 0.6) is 0 Å². The second-order valence-electron chi connectivity index (χ2n) is 6.98. The molecule has 0 N–H and O–H groups in total.